The predicted molar refractivity (Wildman–Crippen MR) is 95.7 cm³/mol. The van der Waals surface area contributed by atoms with Gasteiger partial charge in [-0.15, -0.1) is 0 Å². The number of nitriles is 1. The molecule has 0 bridgehead atoms. The van der Waals surface area contributed by atoms with Gasteiger partial charge in [-0.2, -0.15) is 15.5 Å². The number of hydrazine groups is 1. The molecule has 1 aliphatic carbocycles. The second-order valence-electron chi connectivity index (χ2n) is 6.55. The summed E-state index contributed by atoms with van der Waals surface area (Å²) < 4.78 is 3.65. The van der Waals surface area contributed by atoms with Crippen LogP contribution >= 0.6 is 0 Å². The van der Waals surface area contributed by atoms with E-state index in [0.29, 0.717) is 11.4 Å². The lowest BCUT2D eigenvalue weighted by molar-refractivity contribution is 0.230. The van der Waals surface area contributed by atoms with Gasteiger partial charge in [0.15, 0.2) is 0 Å². The minimum Gasteiger partial charge on any atom is -0.396 e. The van der Waals surface area contributed by atoms with Gasteiger partial charge in [0.1, 0.15) is 5.69 Å². The zero-order valence-electron chi connectivity index (χ0n) is 14.3. The Morgan fingerprint density at radius 1 is 1.38 bits per heavy atom. The van der Waals surface area contributed by atoms with Gasteiger partial charge in [-0.05, 0) is 18.9 Å². The maximum absolute atomic E-state index is 8.94. The van der Waals surface area contributed by atoms with Crippen molar-refractivity contribution in [2.24, 2.45) is 17.5 Å². The van der Waals surface area contributed by atoms with Crippen LogP contribution in [0.5, 0.6) is 0 Å². The van der Waals surface area contributed by atoms with Gasteiger partial charge < -0.3 is 10.7 Å². The molecule has 1 fully saturated rings. The third kappa shape index (κ3) is 2.76. The molecule has 1 aliphatic rings. The van der Waals surface area contributed by atoms with Crippen LogP contribution in [0.3, 0.4) is 0 Å². The van der Waals surface area contributed by atoms with Crippen LogP contribution in [0.2, 0.25) is 0 Å². The average molecular weight is 349 g/mol. The molecule has 4 rings (SSSR count). The van der Waals surface area contributed by atoms with Gasteiger partial charge in [-0.25, -0.2) is 15.3 Å². The summed E-state index contributed by atoms with van der Waals surface area (Å²) in [5, 5.41) is 19.1. The van der Waals surface area contributed by atoms with Crippen molar-refractivity contribution < 1.29 is 0 Å². The minimum absolute atomic E-state index is 0.133. The molecule has 3 aromatic rings. The van der Waals surface area contributed by atoms with Gasteiger partial charge in [-0.1, -0.05) is 0 Å². The average Bonchev–Trinajstić information content (AvgIpc) is 3.21. The Bertz CT molecular complexity index is 1010. The monoisotopic (exact) mass is 349 g/mol. The zero-order valence-corrected chi connectivity index (χ0v) is 14.3. The fourth-order valence-corrected chi connectivity index (χ4v) is 3.13. The molecule has 1 saturated carbocycles. The number of hydrogen-bond acceptors (Lipinski definition) is 7. The largest absolute Gasteiger partial charge is 0.396 e. The van der Waals surface area contributed by atoms with Crippen LogP contribution in [0.15, 0.2) is 37.1 Å². The fourth-order valence-electron chi connectivity index (χ4n) is 3.13. The summed E-state index contributed by atoms with van der Waals surface area (Å²) >= 11 is 0. The van der Waals surface area contributed by atoms with Crippen LogP contribution in [0.1, 0.15) is 24.6 Å². The molecule has 9 nitrogen and oxygen atoms in total. The highest BCUT2D eigenvalue weighted by Gasteiger charge is 2.31. The highest BCUT2D eigenvalue weighted by molar-refractivity contribution is 5.77. The van der Waals surface area contributed by atoms with E-state index in [9.17, 15) is 0 Å². The summed E-state index contributed by atoms with van der Waals surface area (Å²) in [6.07, 6.45) is 10.5. The molecule has 0 atom stereocenters. The second-order valence-corrected chi connectivity index (χ2v) is 6.55. The van der Waals surface area contributed by atoms with Crippen molar-refractivity contribution in [1.29, 1.82) is 5.26 Å². The highest BCUT2D eigenvalue weighted by atomic mass is 15.4. The Morgan fingerprint density at radius 3 is 2.92 bits per heavy atom. The molecule has 0 spiro atoms. The maximum atomic E-state index is 8.94. The molecular weight excluding hydrogens is 330 g/mol. The lowest BCUT2D eigenvalue weighted by Crippen LogP contribution is -2.25. The molecule has 0 radical (unpaired) electrons. The first-order valence-corrected chi connectivity index (χ1v) is 8.29. The Morgan fingerprint density at radius 2 is 2.19 bits per heavy atom. The minimum atomic E-state index is 0.133. The van der Waals surface area contributed by atoms with Gasteiger partial charge in [0.25, 0.3) is 0 Å². The topological polar surface area (TPSA) is 127 Å². The van der Waals surface area contributed by atoms with Crippen LogP contribution in [0.4, 0.5) is 0 Å². The Labute approximate surface area is 150 Å². The van der Waals surface area contributed by atoms with E-state index in [2.05, 4.69) is 16.3 Å². The van der Waals surface area contributed by atoms with E-state index in [1.165, 1.54) is 5.01 Å². The Balaban J connectivity index is 1.73. The van der Waals surface area contributed by atoms with E-state index >= 15 is 0 Å². The fraction of sp³-hybridized carbons (Fsp3) is 0.294. The summed E-state index contributed by atoms with van der Waals surface area (Å²) in [7, 11) is 1.69. The van der Waals surface area contributed by atoms with Crippen molar-refractivity contribution in [3.8, 4) is 17.3 Å². The summed E-state index contributed by atoms with van der Waals surface area (Å²) in [6.45, 7) is 0. The van der Waals surface area contributed by atoms with Crippen LogP contribution < -0.4 is 11.6 Å². The lowest BCUT2D eigenvalue weighted by atomic mass is 9.81. The van der Waals surface area contributed by atoms with Crippen LogP contribution in [0, 0.1) is 17.2 Å². The maximum Gasteiger partial charge on any atom is 0.107 e. The molecule has 0 unspecified atom stereocenters. The van der Waals surface area contributed by atoms with E-state index in [1.54, 1.807) is 36.4 Å². The SMILES string of the molecule is CN(N)/C=C(\N)c1cn2nccc2c(-c2cnn(C3CC(C#N)C3)c2)n1. The third-order valence-corrected chi connectivity index (χ3v) is 4.57. The molecule has 26 heavy (non-hydrogen) atoms. The molecule has 0 amide bonds. The standard InChI is InChI=1S/C17H19N9/c1-24(20)9-14(19)15-10-26-16(2-3-21-26)17(23-15)12-7-22-25(8-12)13-4-11(5-13)6-18/h2-3,7-11,13H,4-5,19-20H2,1H3/b14-9-. The van der Waals surface area contributed by atoms with Crippen molar-refractivity contribution in [1.82, 2.24) is 29.4 Å². The van der Waals surface area contributed by atoms with Crippen LogP contribution in [-0.4, -0.2) is 36.4 Å². The van der Waals surface area contributed by atoms with E-state index in [4.69, 9.17) is 21.8 Å². The first kappa shape index (κ1) is 16.1. The van der Waals surface area contributed by atoms with E-state index in [-0.39, 0.29) is 12.0 Å². The first-order valence-electron chi connectivity index (χ1n) is 8.29. The van der Waals surface area contributed by atoms with Crippen molar-refractivity contribution in [3.05, 3.63) is 42.7 Å². The molecule has 4 N–H and O–H groups in total. The number of aromatic nitrogens is 5. The summed E-state index contributed by atoms with van der Waals surface area (Å²) in [5.41, 5.74) is 9.62. The Kier molecular flexibility index (Phi) is 3.82. The van der Waals surface area contributed by atoms with E-state index < -0.39 is 0 Å². The van der Waals surface area contributed by atoms with E-state index in [0.717, 1.165) is 29.6 Å². The van der Waals surface area contributed by atoms with Crippen molar-refractivity contribution in [2.45, 2.75) is 18.9 Å². The van der Waals surface area contributed by atoms with Crippen LogP contribution in [0.25, 0.3) is 22.5 Å². The molecule has 3 aromatic heterocycles. The van der Waals surface area contributed by atoms with Crippen molar-refractivity contribution >= 4 is 11.2 Å². The zero-order chi connectivity index (χ0) is 18.3. The highest BCUT2D eigenvalue weighted by Crippen LogP contribution is 2.37. The van der Waals surface area contributed by atoms with Crippen molar-refractivity contribution in [2.75, 3.05) is 7.05 Å². The van der Waals surface area contributed by atoms with Gasteiger partial charge in [0.05, 0.1) is 53.5 Å². The van der Waals surface area contributed by atoms with E-state index in [1.807, 2.05) is 16.9 Å². The first-order chi connectivity index (χ1) is 12.5. The Hall–Kier alpha value is -3.38. The van der Waals surface area contributed by atoms with Crippen molar-refractivity contribution in [3.63, 3.8) is 0 Å². The summed E-state index contributed by atoms with van der Waals surface area (Å²) in [4.78, 5) is 4.70. The van der Waals surface area contributed by atoms with Gasteiger partial charge in [-0.3, -0.25) is 4.68 Å². The normalized spacial score (nSPS) is 20.0. The van der Waals surface area contributed by atoms with Gasteiger partial charge >= 0.3 is 0 Å². The molecule has 0 aromatic carbocycles. The number of nitrogens with zero attached hydrogens (tertiary/aromatic N) is 7. The molecule has 0 saturated heterocycles. The summed E-state index contributed by atoms with van der Waals surface area (Å²) in [6, 6.07) is 4.46. The third-order valence-electron chi connectivity index (χ3n) is 4.57. The molecule has 0 aliphatic heterocycles. The van der Waals surface area contributed by atoms with Gasteiger partial charge in [0.2, 0.25) is 0 Å². The smallest absolute Gasteiger partial charge is 0.107 e. The second kappa shape index (κ2) is 6.16. The molecule has 9 heteroatoms. The predicted octanol–water partition coefficient (Wildman–Crippen LogP) is 1.13. The summed E-state index contributed by atoms with van der Waals surface area (Å²) in [5.74, 6) is 5.78. The number of nitrogens with two attached hydrogens (primary N) is 2. The molecule has 132 valence electrons. The lowest BCUT2D eigenvalue weighted by Gasteiger charge is -2.30. The number of rotatable bonds is 4. The quantitative estimate of drug-likeness (QED) is 0.534. The molecular formula is C17H19N9. The van der Waals surface area contributed by atoms with Crippen LogP contribution in [-0.2, 0) is 0 Å². The number of fused-ring (bicyclic) bond motifs is 1. The number of hydrogen-bond donors (Lipinski definition) is 2. The van der Waals surface area contributed by atoms with Gasteiger partial charge in [0, 0.05) is 25.0 Å². The molecule has 3 heterocycles.